The number of carbonyl (C=O) groups excluding carboxylic acids is 1. The number of rotatable bonds is 14. The van der Waals surface area contributed by atoms with E-state index in [2.05, 4.69) is 15.4 Å². The molecule has 0 fully saturated rings. The van der Waals surface area contributed by atoms with Crippen LogP contribution in [-0.2, 0) is 9.53 Å². The summed E-state index contributed by atoms with van der Waals surface area (Å²) >= 11 is 0. The van der Waals surface area contributed by atoms with Gasteiger partial charge < -0.3 is 26.8 Å². The van der Waals surface area contributed by atoms with E-state index in [1.54, 1.807) is 0 Å². The summed E-state index contributed by atoms with van der Waals surface area (Å²) in [7, 11) is 1.13. The number of nitro groups is 1. The van der Waals surface area contributed by atoms with Crippen molar-refractivity contribution in [3.63, 3.8) is 0 Å². The van der Waals surface area contributed by atoms with E-state index in [1.807, 2.05) is 0 Å². The lowest BCUT2D eigenvalue weighted by atomic mass is 10.0. The maximum absolute atomic E-state index is 11.6. The molecule has 0 heterocycles. The first-order chi connectivity index (χ1) is 10.6. The molecule has 0 aromatic carbocycles. The second kappa shape index (κ2) is 13.4. The average molecular weight is 317 g/mol. The third-order valence-electron chi connectivity index (χ3n) is 3.14. The highest BCUT2D eigenvalue weighted by atomic mass is 16.6. The predicted molar refractivity (Wildman–Crippen MR) is 84.4 cm³/mol. The Morgan fingerprint density at radius 1 is 1.41 bits per heavy atom. The molecular formula is C13H27N5O4-2. The van der Waals surface area contributed by atoms with Crippen molar-refractivity contribution in [2.45, 2.75) is 37.8 Å². The average Bonchev–Trinajstić information content (AvgIpc) is 2.49. The Morgan fingerprint density at radius 2 is 2.09 bits per heavy atom. The van der Waals surface area contributed by atoms with Crippen LogP contribution in [-0.4, -0.2) is 62.8 Å². The van der Waals surface area contributed by atoms with Crippen LogP contribution >= 0.6 is 0 Å². The van der Waals surface area contributed by atoms with E-state index in [-0.39, 0.29) is 6.54 Å². The number of nitrogens with one attached hydrogen (secondary N) is 2. The van der Waals surface area contributed by atoms with Gasteiger partial charge in [-0.05, 0) is 32.5 Å². The molecule has 9 nitrogen and oxygen atoms in total. The molecule has 0 bridgehead atoms. The molecule has 2 atom stereocenters. The Balaban J connectivity index is 4.44. The number of hydrogen-bond acceptors (Lipinski definition) is 6. The Morgan fingerprint density at radius 3 is 2.64 bits per heavy atom. The van der Waals surface area contributed by atoms with Gasteiger partial charge in [0.2, 0.25) is 0 Å². The second-order valence-electron chi connectivity index (χ2n) is 4.86. The largest absolute Gasteiger partial charge is 0.677 e. The lowest BCUT2D eigenvalue weighted by Crippen LogP contribution is -2.41. The fourth-order valence-corrected chi connectivity index (χ4v) is 1.98. The summed E-state index contributed by atoms with van der Waals surface area (Å²) < 4.78 is 4.51. The van der Waals surface area contributed by atoms with Crippen molar-refractivity contribution >= 4 is 5.97 Å². The molecule has 0 saturated carbocycles. The quantitative estimate of drug-likeness (QED) is 0.209. The summed E-state index contributed by atoms with van der Waals surface area (Å²) in [5.41, 5.74) is 12.5. The monoisotopic (exact) mass is 317 g/mol. The molecule has 0 amide bonds. The van der Waals surface area contributed by atoms with Gasteiger partial charge in [-0.2, -0.15) is 13.1 Å². The number of methoxy groups -OCH3 is 1. The van der Waals surface area contributed by atoms with Gasteiger partial charge in [-0.15, -0.1) is 0 Å². The van der Waals surface area contributed by atoms with Gasteiger partial charge in [0.1, 0.15) is 0 Å². The van der Waals surface area contributed by atoms with E-state index in [0.29, 0.717) is 38.9 Å². The van der Waals surface area contributed by atoms with Crippen molar-refractivity contribution in [1.82, 2.24) is 5.32 Å². The van der Waals surface area contributed by atoms with Crippen molar-refractivity contribution in [2.24, 2.45) is 5.73 Å². The normalized spacial score (nSPS) is 13.6. The molecule has 0 radical (unpaired) electrons. The number of nitrogens with two attached hydrogens (primary N) is 1. The Hall–Kier alpha value is -1.29. The molecular weight excluding hydrogens is 290 g/mol. The molecule has 4 N–H and O–H groups in total. The summed E-state index contributed by atoms with van der Waals surface area (Å²) in [6.45, 7) is 2.65. The maximum Gasteiger partial charge on any atom is 0.379 e. The minimum Gasteiger partial charge on any atom is -0.677 e. The van der Waals surface area contributed by atoms with Crippen LogP contribution in [0.3, 0.4) is 0 Å². The van der Waals surface area contributed by atoms with E-state index < -0.39 is 23.0 Å². The lowest BCUT2D eigenvalue weighted by molar-refractivity contribution is -0.512. The molecule has 0 aliphatic rings. The predicted octanol–water partition coefficient (Wildman–Crippen LogP) is 0.708. The van der Waals surface area contributed by atoms with Crippen molar-refractivity contribution < 1.29 is 14.5 Å². The van der Waals surface area contributed by atoms with Crippen LogP contribution in [0.25, 0.3) is 11.1 Å². The van der Waals surface area contributed by atoms with Crippen molar-refractivity contribution in [2.75, 3.05) is 39.8 Å². The van der Waals surface area contributed by atoms with E-state index >= 15 is 0 Å². The van der Waals surface area contributed by atoms with Gasteiger partial charge in [0.05, 0.1) is 7.11 Å². The molecule has 9 heteroatoms. The zero-order valence-corrected chi connectivity index (χ0v) is 13.1. The van der Waals surface area contributed by atoms with Gasteiger partial charge in [-0.1, -0.05) is 18.9 Å². The summed E-state index contributed by atoms with van der Waals surface area (Å²) in [6, 6.07) is -2.19. The van der Waals surface area contributed by atoms with Crippen molar-refractivity contribution in [1.29, 1.82) is 0 Å². The molecule has 130 valence electrons. The Labute approximate surface area is 131 Å². The van der Waals surface area contributed by atoms with E-state index in [0.717, 1.165) is 20.1 Å². The summed E-state index contributed by atoms with van der Waals surface area (Å²) in [5.74, 6) is -0.874. The number of carbonyl (C=O) groups is 1. The number of hydrogen-bond donors (Lipinski definition) is 2. The first-order valence-corrected chi connectivity index (χ1v) is 7.51. The summed E-state index contributed by atoms with van der Waals surface area (Å²) in [5, 5.41) is 18.5. The smallest absolute Gasteiger partial charge is 0.379 e. The van der Waals surface area contributed by atoms with Crippen LogP contribution in [0.2, 0.25) is 0 Å². The Bertz CT molecular complexity index is 317. The third kappa shape index (κ3) is 8.88. The molecule has 22 heavy (non-hydrogen) atoms. The SMILES string of the molecule is COC(=O)C(C(CCCNCCCN)[N-]CCC[NH-])[N+](=O)[O-]. The zero-order valence-electron chi connectivity index (χ0n) is 13.1. The summed E-state index contributed by atoms with van der Waals surface area (Å²) in [6.07, 6.45) is 2.49. The summed E-state index contributed by atoms with van der Waals surface area (Å²) in [4.78, 5) is 22.1. The minimum atomic E-state index is -1.47. The van der Waals surface area contributed by atoms with Crippen molar-refractivity contribution in [3.8, 4) is 0 Å². The van der Waals surface area contributed by atoms with E-state index in [4.69, 9.17) is 11.5 Å². The van der Waals surface area contributed by atoms with Crippen LogP contribution < -0.4 is 11.1 Å². The number of nitrogens with zero attached hydrogens (tertiary/aromatic N) is 2. The van der Waals surface area contributed by atoms with E-state index in [9.17, 15) is 14.9 Å². The molecule has 0 aliphatic heterocycles. The van der Waals surface area contributed by atoms with Gasteiger partial charge in [0.25, 0.3) is 6.04 Å². The second-order valence-corrected chi connectivity index (χ2v) is 4.86. The topological polar surface area (TPSA) is 145 Å². The standard InChI is InChI=1S/C13H27N5O4/c1-22-13(19)12(18(20)21)11(17-10-4-7-15)5-2-8-16-9-3-6-14/h11-12,15-16H,2-10,14H2,1H3/q-2. The minimum absolute atomic E-state index is 0.207. The fraction of sp³-hybridized carbons (Fsp3) is 0.923. The molecule has 2 unspecified atom stereocenters. The zero-order chi connectivity index (χ0) is 16.8. The fourth-order valence-electron chi connectivity index (χ4n) is 1.98. The maximum atomic E-state index is 11.6. The molecule has 0 aromatic heterocycles. The molecule has 0 aromatic rings. The van der Waals surface area contributed by atoms with Crippen molar-refractivity contribution in [3.05, 3.63) is 21.2 Å². The van der Waals surface area contributed by atoms with Gasteiger partial charge in [0.15, 0.2) is 0 Å². The van der Waals surface area contributed by atoms with Gasteiger partial charge in [0, 0.05) is 4.92 Å². The molecule has 0 saturated heterocycles. The number of esters is 1. The van der Waals surface area contributed by atoms with Crippen LogP contribution in [0.1, 0.15) is 25.7 Å². The first kappa shape index (κ1) is 20.7. The highest BCUT2D eigenvalue weighted by Gasteiger charge is 2.33. The molecule has 0 aliphatic carbocycles. The van der Waals surface area contributed by atoms with Crippen LogP contribution in [0.15, 0.2) is 0 Å². The molecule has 0 spiro atoms. The molecule has 0 rings (SSSR count). The first-order valence-electron chi connectivity index (χ1n) is 7.51. The van der Waals surface area contributed by atoms with Crippen LogP contribution in [0, 0.1) is 10.1 Å². The highest BCUT2D eigenvalue weighted by molar-refractivity contribution is 5.75. The van der Waals surface area contributed by atoms with Gasteiger partial charge in [-0.25, -0.2) is 4.79 Å². The van der Waals surface area contributed by atoms with E-state index in [1.165, 1.54) is 0 Å². The Kier molecular flexibility index (Phi) is 12.6. The van der Waals surface area contributed by atoms with Gasteiger partial charge in [-0.3, -0.25) is 10.1 Å². The van der Waals surface area contributed by atoms with Crippen LogP contribution in [0.5, 0.6) is 0 Å². The van der Waals surface area contributed by atoms with Gasteiger partial charge >= 0.3 is 5.97 Å². The van der Waals surface area contributed by atoms with Crippen LogP contribution in [0.4, 0.5) is 0 Å². The third-order valence-corrected chi connectivity index (χ3v) is 3.14. The number of ether oxygens (including phenoxy) is 1. The highest BCUT2D eigenvalue weighted by Crippen LogP contribution is 2.17. The lowest BCUT2D eigenvalue weighted by Gasteiger charge is -2.32.